The minimum atomic E-state index is -3.67. The molecule has 21 heavy (non-hydrogen) atoms. The minimum Gasteiger partial charge on any atom is -0.494 e. The minimum absolute atomic E-state index is 0.0563. The van der Waals surface area contributed by atoms with Crippen molar-refractivity contribution in [3.05, 3.63) is 24.3 Å². The van der Waals surface area contributed by atoms with Crippen LogP contribution in [0.3, 0.4) is 0 Å². The topological polar surface area (TPSA) is 119 Å². The van der Waals surface area contributed by atoms with E-state index in [-0.39, 0.29) is 4.90 Å². The smallest absolute Gasteiger partial charge is 0.404 e. The molecule has 0 bridgehead atoms. The highest BCUT2D eigenvalue weighted by Gasteiger charge is 2.06. The molecule has 0 saturated heterocycles. The molecule has 7 nitrogen and oxygen atoms in total. The summed E-state index contributed by atoms with van der Waals surface area (Å²) in [7, 11) is -3.67. The van der Waals surface area contributed by atoms with E-state index in [0.29, 0.717) is 18.9 Å². The summed E-state index contributed by atoms with van der Waals surface area (Å²) >= 11 is 0. The van der Waals surface area contributed by atoms with Crippen LogP contribution in [-0.4, -0.2) is 32.8 Å². The molecule has 1 amide bonds. The molecule has 0 spiro atoms. The van der Waals surface area contributed by atoms with Crippen molar-refractivity contribution in [2.75, 3.05) is 13.2 Å². The number of sulfonamides is 1. The molecule has 1 rings (SSSR count). The second-order valence-electron chi connectivity index (χ2n) is 4.51. The number of hydrogen-bond donors (Lipinski definition) is 3. The second kappa shape index (κ2) is 8.48. The molecule has 0 aliphatic rings. The summed E-state index contributed by atoms with van der Waals surface area (Å²) < 4.78 is 27.6. The van der Waals surface area contributed by atoms with Gasteiger partial charge in [0.1, 0.15) is 5.75 Å². The molecule has 0 aromatic heterocycles. The average Bonchev–Trinajstić information content (AvgIpc) is 2.41. The van der Waals surface area contributed by atoms with Crippen LogP contribution >= 0.6 is 0 Å². The predicted octanol–water partition coefficient (Wildman–Crippen LogP) is 1.54. The zero-order valence-electron chi connectivity index (χ0n) is 11.6. The van der Waals surface area contributed by atoms with Crippen molar-refractivity contribution in [1.29, 1.82) is 0 Å². The van der Waals surface area contributed by atoms with Gasteiger partial charge in [0, 0.05) is 6.54 Å². The van der Waals surface area contributed by atoms with E-state index in [9.17, 15) is 13.2 Å². The molecule has 1 aromatic rings. The van der Waals surface area contributed by atoms with Crippen LogP contribution in [0.4, 0.5) is 4.79 Å². The highest BCUT2D eigenvalue weighted by atomic mass is 32.2. The fourth-order valence-corrected chi connectivity index (χ4v) is 2.21. The Morgan fingerprint density at radius 3 is 2.33 bits per heavy atom. The first-order chi connectivity index (χ1) is 9.89. The molecule has 0 unspecified atom stereocenters. The molecular weight excluding hydrogens is 296 g/mol. The van der Waals surface area contributed by atoms with Gasteiger partial charge in [-0.15, -0.1) is 0 Å². The highest BCUT2D eigenvalue weighted by molar-refractivity contribution is 7.89. The lowest BCUT2D eigenvalue weighted by Gasteiger charge is -2.07. The molecule has 118 valence electrons. The van der Waals surface area contributed by atoms with Crippen molar-refractivity contribution in [1.82, 2.24) is 5.32 Å². The Balaban J connectivity index is 2.14. The highest BCUT2D eigenvalue weighted by Crippen LogP contribution is 2.15. The largest absolute Gasteiger partial charge is 0.494 e. The van der Waals surface area contributed by atoms with E-state index in [1.165, 1.54) is 12.1 Å². The van der Waals surface area contributed by atoms with E-state index >= 15 is 0 Å². The average molecular weight is 316 g/mol. The summed E-state index contributed by atoms with van der Waals surface area (Å²) in [6.07, 6.45) is 2.52. The summed E-state index contributed by atoms with van der Waals surface area (Å²) in [6.45, 7) is 0.992. The second-order valence-corrected chi connectivity index (χ2v) is 6.07. The van der Waals surface area contributed by atoms with Crippen LogP contribution < -0.4 is 15.2 Å². The van der Waals surface area contributed by atoms with Crippen LogP contribution in [0.15, 0.2) is 29.2 Å². The molecule has 0 fully saturated rings. The number of nitrogens with two attached hydrogens (primary N) is 1. The van der Waals surface area contributed by atoms with E-state index in [0.717, 1.165) is 25.7 Å². The Labute approximate surface area is 124 Å². The van der Waals surface area contributed by atoms with Gasteiger partial charge in [0.25, 0.3) is 0 Å². The van der Waals surface area contributed by atoms with Crippen molar-refractivity contribution in [2.24, 2.45) is 5.14 Å². The Bertz CT molecular complexity index is 542. The molecule has 4 N–H and O–H groups in total. The van der Waals surface area contributed by atoms with Gasteiger partial charge in [-0.25, -0.2) is 18.4 Å². The maximum Gasteiger partial charge on any atom is 0.404 e. The van der Waals surface area contributed by atoms with E-state index < -0.39 is 16.1 Å². The monoisotopic (exact) mass is 316 g/mol. The SMILES string of the molecule is NS(=O)(=O)c1ccc(OCCCCCCNC(=O)O)cc1. The molecule has 1 aromatic carbocycles. The number of rotatable bonds is 9. The number of hydrogen-bond acceptors (Lipinski definition) is 4. The van der Waals surface area contributed by atoms with Gasteiger partial charge in [0.05, 0.1) is 11.5 Å². The van der Waals surface area contributed by atoms with E-state index in [1.807, 2.05) is 0 Å². The molecule has 0 atom stereocenters. The van der Waals surface area contributed by atoms with Crippen molar-refractivity contribution < 1.29 is 23.1 Å². The third kappa shape index (κ3) is 7.52. The number of carboxylic acid groups (broad SMARTS) is 1. The van der Waals surface area contributed by atoms with Crippen molar-refractivity contribution >= 4 is 16.1 Å². The van der Waals surface area contributed by atoms with Crippen LogP contribution in [0.25, 0.3) is 0 Å². The molecule has 0 aliphatic carbocycles. The van der Waals surface area contributed by atoms with E-state index in [1.54, 1.807) is 12.1 Å². The van der Waals surface area contributed by atoms with Crippen LogP contribution in [0, 0.1) is 0 Å². The van der Waals surface area contributed by atoms with E-state index in [4.69, 9.17) is 15.0 Å². The zero-order chi connectivity index (χ0) is 15.7. The normalized spacial score (nSPS) is 11.1. The van der Waals surface area contributed by atoms with Gasteiger partial charge in [-0.05, 0) is 37.1 Å². The number of carbonyl (C=O) groups is 1. The van der Waals surface area contributed by atoms with Gasteiger partial charge in [0.15, 0.2) is 0 Å². The molecule has 0 saturated carbocycles. The predicted molar refractivity (Wildman–Crippen MR) is 77.8 cm³/mol. The summed E-state index contributed by atoms with van der Waals surface area (Å²) in [5.74, 6) is 0.593. The van der Waals surface area contributed by atoms with Gasteiger partial charge in [0.2, 0.25) is 10.0 Å². The summed E-state index contributed by atoms with van der Waals surface area (Å²) in [6, 6.07) is 5.94. The maximum absolute atomic E-state index is 11.1. The molecule has 0 radical (unpaired) electrons. The third-order valence-corrected chi connectivity index (χ3v) is 3.70. The fraction of sp³-hybridized carbons (Fsp3) is 0.462. The first-order valence-corrected chi connectivity index (χ1v) is 8.16. The Kier molecular flexibility index (Phi) is 6.97. The number of unbranched alkanes of at least 4 members (excludes halogenated alkanes) is 3. The van der Waals surface area contributed by atoms with Crippen molar-refractivity contribution in [2.45, 2.75) is 30.6 Å². The van der Waals surface area contributed by atoms with E-state index in [2.05, 4.69) is 5.32 Å². The lowest BCUT2D eigenvalue weighted by molar-refractivity contribution is 0.194. The zero-order valence-corrected chi connectivity index (χ0v) is 12.4. The quantitative estimate of drug-likeness (QED) is 0.597. The van der Waals surface area contributed by atoms with Crippen LogP contribution in [0.2, 0.25) is 0 Å². The standard InChI is InChI=1S/C13H20N2O5S/c14-21(18,19)12-7-5-11(6-8-12)20-10-4-2-1-3-9-15-13(16)17/h5-8,15H,1-4,9-10H2,(H,16,17)(H2,14,18,19). The van der Waals surface area contributed by atoms with Crippen molar-refractivity contribution in [3.8, 4) is 5.75 Å². The summed E-state index contributed by atoms with van der Waals surface area (Å²) in [5, 5.41) is 15.7. The summed E-state index contributed by atoms with van der Waals surface area (Å²) in [5.41, 5.74) is 0. The molecular formula is C13H20N2O5S. The van der Waals surface area contributed by atoms with Gasteiger partial charge in [-0.3, -0.25) is 0 Å². The fourth-order valence-electron chi connectivity index (χ4n) is 1.69. The van der Waals surface area contributed by atoms with Gasteiger partial charge in [-0.2, -0.15) is 0 Å². The van der Waals surface area contributed by atoms with Crippen LogP contribution in [-0.2, 0) is 10.0 Å². The first-order valence-electron chi connectivity index (χ1n) is 6.62. The Morgan fingerprint density at radius 2 is 1.76 bits per heavy atom. The van der Waals surface area contributed by atoms with Crippen LogP contribution in [0.5, 0.6) is 5.75 Å². The lowest BCUT2D eigenvalue weighted by Crippen LogP contribution is -2.21. The van der Waals surface area contributed by atoms with Crippen molar-refractivity contribution in [3.63, 3.8) is 0 Å². The number of amides is 1. The van der Waals surface area contributed by atoms with Crippen LogP contribution in [0.1, 0.15) is 25.7 Å². The number of nitrogens with one attached hydrogen (secondary N) is 1. The molecule has 8 heteroatoms. The lowest BCUT2D eigenvalue weighted by atomic mass is 10.2. The summed E-state index contributed by atoms with van der Waals surface area (Å²) in [4.78, 5) is 10.3. The number of primary sulfonamides is 1. The maximum atomic E-state index is 11.1. The molecule has 0 heterocycles. The van der Waals surface area contributed by atoms with Gasteiger partial charge < -0.3 is 15.2 Å². The third-order valence-electron chi connectivity index (χ3n) is 2.77. The number of ether oxygens (including phenoxy) is 1. The molecule has 0 aliphatic heterocycles. The first kappa shape index (κ1) is 17.3. The Morgan fingerprint density at radius 1 is 1.14 bits per heavy atom. The van der Waals surface area contributed by atoms with Gasteiger partial charge in [-0.1, -0.05) is 12.8 Å². The number of benzene rings is 1. The Hall–Kier alpha value is -1.80. The van der Waals surface area contributed by atoms with Gasteiger partial charge >= 0.3 is 6.09 Å².